The van der Waals surface area contributed by atoms with Gasteiger partial charge in [-0.15, -0.1) is 0 Å². The summed E-state index contributed by atoms with van der Waals surface area (Å²) in [5.41, 5.74) is 3.71. The Morgan fingerprint density at radius 3 is 2.69 bits per heavy atom. The van der Waals surface area contributed by atoms with Crippen molar-refractivity contribution >= 4 is 23.0 Å². The topological polar surface area (TPSA) is 75.5 Å². The second kappa shape index (κ2) is 7.26. The Kier molecular flexibility index (Phi) is 4.51. The molecule has 32 heavy (non-hydrogen) atoms. The van der Waals surface area contributed by atoms with E-state index in [0.717, 1.165) is 27.8 Å². The number of amides is 2. The summed E-state index contributed by atoms with van der Waals surface area (Å²) in [4.78, 5) is 29.9. The van der Waals surface area contributed by atoms with Crippen molar-refractivity contribution < 1.29 is 18.4 Å². The van der Waals surface area contributed by atoms with E-state index >= 15 is 0 Å². The van der Waals surface area contributed by atoms with Gasteiger partial charge in [-0.3, -0.25) is 14.0 Å². The number of halogens is 2. The van der Waals surface area contributed by atoms with Crippen LogP contribution in [0.3, 0.4) is 0 Å². The fourth-order valence-corrected chi connectivity index (χ4v) is 4.26. The summed E-state index contributed by atoms with van der Waals surface area (Å²) >= 11 is 0. The number of rotatable bonds is 3. The normalized spacial score (nSPS) is 15.0. The molecule has 4 aromatic rings. The maximum atomic E-state index is 14.2. The molecular weight excluding hydrogens is 414 g/mol. The Morgan fingerprint density at radius 1 is 1.12 bits per heavy atom. The minimum absolute atomic E-state index is 0.0319. The molecule has 0 spiro atoms. The SMILES string of the molecule is Cc1ccccc1C1NC(=O)c2cccc(NC(=O)c3nc(C)c4c(F)cc(F)cn34)c21. The molecular formula is C24H18F2N4O2. The van der Waals surface area contributed by atoms with Crippen molar-refractivity contribution in [3.05, 3.63) is 100 Å². The van der Waals surface area contributed by atoms with Gasteiger partial charge in [-0.05, 0) is 37.1 Å². The van der Waals surface area contributed by atoms with E-state index in [4.69, 9.17) is 0 Å². The number of pyridine rings is 1. The van der Waals surface area contributed by atoms with Crippen LogP contribution in [0.5, 0.6) is 0 Å². The zero-order valence-corrected chi connectivity index (χ0v) is 17.2. The largest absolute Gasteiger partial charge is 0.341 e. The molecule has 1 aliphatic heterocycles. The Bertz CT molecular complexity index is 1430. The van der Waals surface area contributed by atoms with Gasteiger partial charge in [-0.1, -0.05) is 30.3 Å². The molecule has 2 aromatic carbocycles. The zero-order valence-electron chi connectivity index (χ0n) is 17.2. The van der Waals surface area contributed by atoms with Crippen LogP contribution in [0.2, 0.25) is 0 Å². The molecule has 2 amide bonds. The molecule has 2 N–H and O–H groups in total. The number of carbonyl (C=O) groups excluding carboxylic acids is 2. The van der Waals surface area contributed by atoms with Crippen LogP contribution in [0.15, 0.2) is 54.7 Å². The van der Waals surface area contributed by atoms with Crippen LogP contribution >= 0.6 is 0 Å². The average Bonchev–Trinajstić information content (AvgIpc) is 3.26. The van der Waals surface area contributed by atoms with E-state index in [1.54, 1.807) is 25.1 Å². The molecule has 0 radical (unpaired) electrons. The first-order chi connectivity index (χ1) is 15.3. The Hall–Kier alpha value is -4.07. The summed E-state index contributed by atoms with van der Waals surface area (Å²) in [7, 11) is 0. The molecule has 160 valence electrons. The Morgan fingerprint density at radius 2 is 1.91 bits per heavy atom. The lowest BCUT2D eigenvalue weighted by molar-refractivity contribution is 0.0959. The van der Waals surface area contributed by atoms with Crippen LogP contribution in [0, 0.1) is 25.5 Å². The number of benzene rings is 2. The highest BCUT2D eigenvalue weighted by molar-refractivity contribution is 6.06. The molecule has 8 heteroatoms. The molecule has 0 bridgehead atoms. The van der Waals surface area contributed by atoms with Crippen LogP contribution in [0.25, 0.3) is 5.52 Å². The number of nitrogens with one attached hydrogen (secondary N) is 2. The van der Waals surface area contributed by atoms with Crippen molar-refractivity contribution in [2.24, 2.45) is 0 Å². The molecule has 0 aliphatic carbocycles. The lowest BCUT2D eigenvalue weighted by atomic mass is 9.93. The standard InChI is InChI=1S/C24H18F2N4O2/c1-12-6-3-4-7-15(12)20-19-16(23(31)29-20)8-5-9-18(19)28-24(32)22-27-13(2)21-17(26)10-14(25)11-30(21)22/h3-11,20H,1-2H3,(H,28,32)(H,29,31). The number of hydrogen-bond acceptors (Lipinski definition) is 3. The fraction of sp³-hybridized carbons (Fsp3) is 0.125. The molecule has 1 unspecified atom stereocenters. The summed E-state index contributed by atoms with van der Waals surface area (Å²) in [5, 5.41) is 5.75. The number of aryl methyl sites for hydroxylation is 2. The van der Waals surface area contributed by atoms with E-state index in [-0.39, 0.29) is 22.9 Å². The van der Waals surface area contributed by atoms with E-state index in [0.29, 0.717) is 16.8 Å². The number of aromatic nitrogens is 2. The van der Waals surface area contributed by atoms with Gasteiger partial charge in [0.1, 0.15) is 11.3 Å². The number of carbonyl (C=O) groups is 2. The maximum absolute atomic E-state index is 14.2. The molecule has 0 saturated carbocycles. The molecule has 1 atom stereocenters. The second-order valence-corrected chi connectivity index (χ2v) is 7.73. The lowest BCUT2D eigenvalue weighted by Gasteiger charge is -2.18. The molecule has 0 saturated heterocycles. The number of fused-ring (bicyclic) bond motifs is 2. The van der Waals surface area contributed by atoms with Crippen molar-refractivity contribution in [1.29, 1.82) is 0 Å². The van der Waals surface area contributed by atoms with E-state index in [2.05, 4.69) is 15.6 Å². The smallest absolute Gasteiger partial charge is 0.292 e. The molecule has 3 heterocycles. The van der Waals surface area contributed by atoms with Crippen LogP contribution < -0.4 is 10.6 Å². The highest BCUT2D eigenvalue weighted by Gasteiger charge is 2.33. The van der Waals surface area contributed by atoms with Gasteiger partial charge >= 0.3 is 0 Å². The second-order valence-electron chi connectivity index (χ2n) is 7.73. The van der Waals surface area contributed by atoms with Gasteiger partial charge in [-0.25, -0.2) is 13.8 Å². The van der Waals surface area contributed by atoms with Crippen molar-refractivity contribution in [2.75, 3.05) is 5.32 Å². The van der Waals surface area contributed by atoms with E-state index in [1.807, 2.05) is 31.2 Å². The highest BCUT2D eigenvalue weighted by atomic mass is 19.1. The number of nitrogens with zero attached hydrogens (tertiary/aromatic N) is 2. The van der Waals surface area contributed by atoms with Gasteiger partial charge in [0.15, 0.2) is 5.82 Å². The summed E-state index contributed by atoms with van der Waals surface area (Å²) < 4.78 is 29.1. The van der Waals surface area contributed by atoms with Gasteiger partial charge in [0.25, 0.3) is 11.8 Å². The van der Waals surface area contributed by atoms with Crippen LogP contribution in [-0.2, 0) is 0 Å². The summed E-state index contributed by atoms with van der Waals surface area (Å²) in [5.74, 6) is -2.66. The summed E-state index contributed by atoms with van der Waals surface area (Å²) in [6, 6.07) is 13.0. The zero-order chi connectivity index (χ0) is 22.6. The third-order valence-corrected chi connectivity index (χ3v) is 5.69. The Labute approximate surface area is 181 Å². The third kappa shape index (κ3) is 3.03. The first-order valence-electron chi connectivity index (χ1n) is 9.99. The minimum Gasteiger partial charge on any atom is -0.341 e. The predicted molar refractivity (Wildman–Crippen MR) is 115 cm³/mol. The molecule has 0 fully saturated rings. The van der Waals surface area contributed by atoms with Gasteiger partial charge < -0.3 is 10.6 Å². The van der Waals surface area contributed by atoms with Crippen molar-refractivity contribution in [2.45, 2.75) is 19.9 Å². The first-order valence-corrected chi connectivity index (χ1v) is 9.99. The summed E-state index contributed by atoms with van der Waals surface area (Å²) in [6.45, 7) is 3.49. The van der Waals surface area contributed by atoms with E-state index in [9.17, 15) is 18.4 Å². The summed E-state index contributed by atoms with van der Waals surface area (Å²) in [6.07, 6.45) is 1.02. The molecule has 5 rings (SSSR count). The van der Waals surface area contributed by atoms with Crippen molar-refractivity contribution in [1.82, 2.24) is 14.7 Å². The van der Waals surface area contributed by atoms with Gasteiger partial charge in [-0.2, -0.15) is 0 Å². The van der Waals surface area contributed by atoms with Gasteiger partial charge in [0.2, 0.25) is 5.82 Å². The van der Waals surface area contributed by atoms with Crippen molar-refractivity contribution in [3.8, 4) is 0 Å². The van der Waals surface area contributed by atoms with Gasteiger partial charge in [0.05, 0.1) is 11.7 Å². The average molecular weight is 432 g/mol. The van der Waals surface area contributed by atoms with E-state index in [1.165, 1.54) is 0 Å². The third-order valence-electron chi connectivity index (χ3n) is 5.69. The van der Waals surface area contributed by atoms with Crippen LogP contribution in [0.1, 0.15) is 49.4 Å². The number of imidazole rings is 1. The first kappa shape index (κ1) is 19.9. The molecule has 1 aliphatic rings. The quantitative estimate of drug-likeness (QED) is 0.507. The minimum atomic E-state index is -0.823. The van der Waals surface area contributed by atoms with E-state index < -0.39 is 23.6 Å². The lowest BCUT2D eigenvalue weighted by Crippen LogP contribution is -2.21. The Balaban J connectivity index is 1.59. The predicted octanol–water partition coefficient (Wildman–Crippen LogP) is 4.31. The van der Waals surface area contributed by atoms with Crippen LogP contribution in [-0.4, -0.2) is 21.2 Å². The number of hydrogen-bond donors (Lipinski definition) is 2. The monoisotopic (exact) mass is 432 g/mol. The maximum Gasteiger partial charge on any atom is 0.292 e. The molecule has 2 aromatic heterocycles. The van der Waals surface area contributed by atoms with Gasteiger partial charge in [0, 0.05) is 29.1 Å². The highest BCUT2D eigenvalue weighted by Crippen LogP contribution is 2.37. The molecule has 6 nitrogen and oxygen atoms in total. The number of anilines is 1. The van der Waals surface area contributed by atoms with Crippen LogP contribution in [0.4, 0.5) is 14.5 Å². The fourth-order valence-electron chi connectivity index (χ4n) is 4.26. The van der Waals surface area contributed by atoms with Crippen molar-refractivity contribution in [3.63, 3.8) is 0 Å².